The summed E-state index contributed by atoms with van der Waals surface area (Å²) >= 11 is 1.44. The standard InChI is InChI=1S/C26H27N3O3S/c1-17-18(6-7-19-21(17)16-32-24(19)30)8-12-28-13-9-26(10-14-28)11-15-29(25(26)31)23-20-4-2-3-5-22(20)27-33-23/h2-7H,8-16H2,1H3. The van der Waals surface area contributed by atoms with Crippen molar-refractivity contribution in [1.82, 2.24) is 9.27 Å². The molecule has 1 spiro atoms. The first-order valence-corrected chi connectivity index (χ1v) is 12.5. The molecule has 1 amide bonds. The summed E-state index contributed by atoms with van der Waals surface area (Å²) in [7, 11) is 0. The number of piperidine rings is 1. The molecule has 2 saturated heterocycles. The van der Waals surface area contributed by atoms with E-state index < -0.39 is 0 Å². The number of nitrogens with zero attached hydrogens (tertiary/aromatic N) is 3. The number of anilines is 1. The third kappa shape index (κ3) is 3.37. The Kier molecular flexibility index (Phi) is 4.99. The van der Waals surface area contributed by atoms with Crippen molar-refractivity contribution in [2.75, 3.05) is 31.1 Å². The average molecular weight is 462 g/mol. The van der Waals surface area contributed by atoms with E-state index in [1.54, 1.807) is 0 Å². The number of ether oxygens (including phenoxy) is 1. The molecule has 2 fully saturated rings. The summed E-state index contributed by atoms with van der Waals surface area (Å²) in [5.41, 5.74) is 4.98. The van der Waals surface area contributed by atoms with Crippen LogP contribution in [0.25, 0.3) is 10.9 Å². The first-order chi connectivity index (χ1) is 16.1. The molecule has 0 atom stereocenters. The molecule has 0 radical (unpaired) electrons. The smallest absolute Gasteiger partial charge is 0.338 e. The van der Waals surface area contributed by atoms with Crippen molar-refractivity contribution in [1.29, 1.82) is 0 Å². The van der Waals surface area contributed by atoms with Gasteiger partial charge in [-0.2, -0.15) is 4.37 Å². The van der Waals surface area contributed by atoms with Crippen molar-refractivity contribution in [2.24, 2.45) is 5.41 Å². The van der Waals surface area contributed by atoms with Crippen LogP contribution in [0.4, 0.5) is 5.00 Å². The highest BCUT2D eigenvalue weighted by atomic mass is 32.1. The second-order valence-electron chi connectivity index (χ2n) is 9.54. The van der Waals surface area contributed by atoms with Crippen molar-refractivity contribution in [3.8, 4) is 0 Å². The molecule has 0 bridgehead atoms. The summed E-state index contributed by atoms with van der Waals surface area (Å²) in [5.74, 6) is 0.0817. The maximum absolute atomic E-state index is 13.5. The number of cyclic esters (lactones) is 1. The molecule has 0 N–H and O–H groups in total. The maximum Gasteiger partial charge on any atom is 0.338 e. The summed E-state index contributed by atoms with van der Waals surface area (Å²) in [6.07, 6.45) is 3.73. The number of rotatable bonds is 4. The molecule has 7 heteroatoms. The van der Waals surface area contributed by atoms with E-state index >= 15 is 0 Å². The highest BCUT2D eigenvalue weighted by molar-refractivity contribution is 7.12. The van der Waals surface area contributed by atoms with Crippen LogP contribution in [0.1, 0.15) is 46.3 Å². The largest absolute Gasteiger partial charge is 0.457 e. The lowest BCUT2D eigenvalue weighted by Gasteiger charge is -2.38. The Morgan fingerprint density at radius 3 is 2.70 bits per heavy atom. The molecule has 6 rings (SSSR count). The van der Waals surface area contributed by atoms with Crippen molar-refractivity contribution in [3.63, 3.8) is 0 Å². The lowest BCUT2D eigenvalue weighted by Crippen LogP contribution is -2.45. The van der Waals surface area contributed by atoms with Crippen molar-refractivity contribution >= 4 is 39.3 Å². The molecule has 3 aliphatic rings. The Balaban J connectivity index is 1.10. The molecule has 1 aromatic heterocycles. The summed E-state index contributed by atoms with van der Waals surface area (Å²) < 4.78 is 9.73. The summed E-state index contributed by atoms with van der Waals surface area (Å²) in [4.78, 5) is 29.8. The van der Waals surface area contributed by atoms with Gasteiger partial charge in [-0.05, 0) is 86.6 Å². The van der Waals surface area contributed by atoms with E-state index in [0.29, 0.717) is 12.2 Å². The molecule has 3 aromatic rings. The maximum atomic E-state index is 13.5. The van der Waals surface area contributed by atoms with Crippen LogP contribution >= 0.6 is 11.5 Å². The van der Waals surface area contributed by atoms with Gasteiger partial charge < -0.3 is 14.5 Å². The van der Waals surface area contributed by atoms with Crippen LogP contribution in [0, 0.1) is 12.3 Å². The number of benzene rings is 2. The van der Waals surface area contributed by atoms with Crippen LogP contribution in [0.3, 0.4) is 0 Å². The van der Waals surface area contributed by atoms with Gasteiger partial charge in [0.1, 0.15) is 11.6 Å². The minimum Gasteiger partial charge on any atom is -0.457 e. The quantitative estimate of drug-likeness (QED) is 0.541. The van der Waals surface area contributed by atoms with Crippen LogP contribution < -0.4 is 4.90 Å². The summed E-state index contributed by atoms with van der Waals surface area (Å²) in [6.45, 7) is 6.16. The molecule has 0 saturated carbocycles. The number of fused-ring (bicyclic) bond motifs is 2. The minimum absolute atomic E-state index is 0.206. The lowest BCUT2D eigenvalue weighted by atomic mass is 9.77. The molecule has 3 aliphatic heterocycles. The molecule has 170 valence electrons. The second-order valence-corrected chi connectivity index (χ2v) is 10.3. The Morgan fingerprint density at radius 1 is 1.06 bits per heavy atom. The van der Waals surface area contributed by atoms with Gasteiger partial charge in [0, 0.05) is 24.0 Å². The number of hydrogen-bond acceptors (Lipinski definition) is 6. The SMILES string of the molecule is Cc1c(CCN2CCC3(CC2)CCN(c2snc4ccccc24)C3=O)ccc2c1COC2=O. The molecular weight excluding hydrogens is 434 g/mol. The highest BCUT2D eigenvalue weighted by Gasteiger charge is 2.49. The van der Waals surface area contributed by atoms with Crippen molar-refractivity contribution < 1.29 is 14.3 Å². The van der Waals surface area contributed by atoms with Crippen molar-refractivity contribution in [2.45, 2.75) is 39.2 Å². The molecule has 4 heterocycles. The van der Waals surface area contributed by atoms with Gasteiger partial charge in [0.2, 0.25) is 5.91 Å². The van der Waals surface area contributed by atoms with Crippen molar-refractivity contribution in [3.05, 3.63) is 58.7 Å². The van der Waals surface area contributed by atoms with E-state index in [1.807, 2.05) is 29.2 Å². The fourth-order valence-electron chi connectivity index (χ4n) is 5.70. The topological polar surface area (TPSA) is 62.7 Å². The lowest BCUT2D eigenvalue weighted by molar-refractivity contribution is -0.127. The highest BCUT2D eigenvalue weighted by Crippen LogP contribution is 2.45. The molecule has 0 aliphatic carbocycles. The second kappa shape index (κ2) is 7.92. The first kappa shape index (κ1) is 20.8. The zero-order valence-corrected chi connectivity index (χ0v) is 19.6. The number of carbonyl (C=O) groups excluding carboxylic acids is 2. The van der Waals surface area contributed by atoms with E-state index in [2.05, 4.69) is 28.3 Å². The normalized spacial score (nSPS) is 20.1. The molecule has 2 aromatic carbocycles. The zero-order valence-electron chi connectivity index (χ0n) is 18.8. The fraction of sp³-hybridized carbons (Fsp3) is 0.423. The van der Waals surface area contributed by atoms with E-state index in [-0.39, 0.29) is 17.3 Å². The minimum atomic E-state index is -0.219. The number of likely N-dealkylation sites (tertiary alicyclic amines) is 1. The summed E-state index contributed by atoms with van der Waals surface area (Å²) in [5, 5.41) is 2.09. The molecule has 6 nitrogen and oxygen atoms in total. The van der Waals surface area contributed by atoms with Crippen LogP contribution in [-0.4, -0.2) is 47.3 Å². The predicted molar refractivity (Wildman–Crippen MR) is 129 cm³/mol. The van der Waals surface area contributed by atoms with E-state index in [1.165, 1.54) is 22.7 Å². The predicted octanol–water partition coefficient (Wildman–Crippen LogP) is 4.34. The Labute approximate surface area is 197 Å². The van der Waals surface area contributed by atoms with E-state index in [9.17, 15) is 9.59 Å². The van der Waals surface area contributed by atoms with Crippen LogP contribution in [0.5, 0.6) is 0 Å². The van der Waals surface area contributed by atoms with E-state index in [4.69, 9.17) is 4.74 Å². The van der Waals surface area contributed by atoms with Gasteiger partial charge in [-0.1, -0.05) is 18.2 Å². The molecule has 0 unspecified atom stereocenters. The summed E-state index contributed by atoms with van der Waals surface area (Å²) in [6, 6.07) is 12.1. The van der Waals surface area contributed by atoms with Gasteiger partial charge in [-0.3, -0.25) is 4.79 Å². The van der Waals surface area contributed by atoms with Gasteiger partial charge in [-0.25, -0.2) is 4.79 Å². The van der Waals surface area contributed by atoms with Crippen LogP contribution in [0.2, 0.25) is 0 Å². The van der Waals surface area contributed by atoms with Gasteiger partial charge in [0.25, 0.3) is 0 Å². The van der Waals surface area contributed by atoms with Gasteiger partial charge >= 0.3 is 5.97 Å². The number of amides is 1. The van der Waals surface area contributed by atoms with E-state index in [0.717, 1.165) is 73.3 Å². The average Bonchev–Trinajstić information content (AvgIpc) is 3.52. The van der Waals surface area contributed by atoms with Gasteiger partial charge in [-0.15, -0.1) is 0 Å². The number of carbonyl (C=O) groups is 2. The number of aromatic nitrogens is 1. The Morgan fingerprint density at radius 2 is 1.85 bits per heavy atom. The zero-order chi connectivity index (χ0) is 22.6. The monoisotopic (exact) mass is 461 g/mol. The van der Waals surface area contributed by atoms with Gasteiger partial charge in [0.15, 0.2) is 0 Å². The first-order valence-electron chi connectivity index (χ1n) is 11.7. The Hall–Kier alpha value is -2.77. The number of esters is 1. The fourth-order valence-corrected chi connectivity index (χ4v) is 6.59. The molecular formula is C26H27N3O3S. The van der Waals surface area contributed by atoms with Gasteiger partial charge in [0.05, 0.1) is 16.5 Å². The third-order valence-electron chi connectivity index (χ3n) is 7.91. The van der Waals surface area contributed by atoms with Crippen LogP contribution in [0.15, 0.2) is 36.4 Å². The van der Waals surface area contributed by atoms with Crippen LogP contribution in [-0.2, 0) is 22.6 Å². The number of hydrogen-bond donors (Lipinski definition) is 0. The third-order valence-corrected chi connectivity index (χ3v) is 8.81. The Bertz CT molecular complexity index is 1260. The molecule has 33 heavy (non-hydrogen) atoms.